The van der Waals surface area contributed by atoms with Crippen molar-refractivity contribution in [1.29, 1.82) is 0 Å². The number of anilines is 2. The molecular weight excluding hydrogens is 430 g/mol. The van der Waals surface area contributed by atoms with Crippen LogP contribution in [0, 0.1) is 0 Å². The molecule has 1 aromatic heterocycles. The van der Waals surface area contributed by atoms with Gasteiger partial charge in [-0.3, -0.25) is 9.59 Å². The quantitative estimate of drug-likeness (QED) is 0.516. The molecular formula is C26H31N5O3. The highest BCUT2D eigenvalue weighted by molar-refractivity contribution is 5.90. The Bertz CT molecular complexity index is 1140. The molecule has 4 rings (SSSR count). The van der Waals surface area contributed by atoms with Gasteiger partial charge in [-0.05, 0) is 37.8 Å². The van der Waals surface area contributed by atoms with Crippen molar-refractivity contribution >= 4 is 34.5 Å². The van der Waals surface area contributed by atoms with Gasteiger partial charge in [-0.15, -0.1) is 0 Å². The van der Waals surface area contributed by atoms with Crippen LogP contribution < -0.4 is 15.5 Å². The Morgan fingerprint density at radius 3 is 2.26 bits per heavy atom. The molecule has 1 amide bonds. The lowest BCUT2D eigenvalue weighted by Crippen LogP contribution is -2.43. The van der Waals surface area contributed by atoms with E-state index in [1.165, 1.54) is 6.92 Å². The summed E-state index contributed by atoms with van der Waals surface area (Å²) in [6.45, 7) is 1.32. The van der Waals surface area contributed by atoms with Crippen LogP contribution in [0.3, 0.4) is 0 Å². The number of para-hydroxylation sites is 1. The average Bonchev–Trinajstić information content (AvgIpc) is 2.83. The SMILES string of the molecule is CC(=O)OC(C(=O)N[C@H]1CC[C@@H](Nc2nc(N(C)C)c3ccccc3n2)CC1)c1ccccc1. The van der Waals surface area contributed by atoms with Gasteiger partial charge >= 0.3 is 5.97 Å². The van der Waals surface area contributed by atoms with Gasteiger partial charge < -0.3 is 20.3 Å². The van der Waals surface area contributed by atoms with Crippen molar-refractivity contribution < 1.29 is 14.3 Å². The molecule has 3 aromatic rings. The molecule has 178 valence electrons. The van der Waals surface area contributed by atoms with Gasteiger partial charge in [0.2, 0.25) is 12.1 Å². The lowest BCUT2D eigenvalue weighted by Gasteiger charge is -2.31. The van der Waals surface area contributed by atoms with Gasteiger partial charge in [0, 0.05) is 44.1 Å². The van der Waals surface area contributed by atoms with Crippen LogP contribution in [0.25, 0.3) is 10.9 Å². The van der Waals surface area contributed by atoms with E-state index >= 15 is 0 Å². The summed E-state index contributed by atoms with van der Waals surface area (Å²) in [5.41, 5.74) is 1.57. The summed E-state index contributed by atoms with van der Waals surface area (Å²) >= 11 is 0. The summed E-state index contributed by atoms with van der Waals surface area (Å²) in [7, 11) is 3.95. The minimum atomic E-state index is -0.940. The number of benzene rings is 2. The standard InChI is InChI=1S/C26H31N5O3/c1-17(32)34-23(18-9-5-4-6-10-18)25(33)27-19-13-15-20(16-14-19)28-26-29-22-12-8-7-11-21(22)24(30-26)31(2)3/h4-12,19-20,23H,13-16H2,1-3H3,(H,27,33)(H,28,29,30)/t19-,20+,23?. The van der Waals surface area contributed by atoms with E-state index in [0.717, 1.165) is 42.4 Å². The van der Waals surface area contributed by atoms with Crippen LogP contribution in [0.4, 0.5) is 11.8 Å². The van der Waals surface area contributed by atoms with Gasteiger partial charge in [-0.1, -0.05) is 42.5 Å². The zero-order chi connectivity index (χ0) is 24.1. The number of hydrogen-bond acceptors (Lipinski definition) is 7. The van der Waals surface area contributed by atoms with E-state index in [0.29, 0.717) is 11.5 Å². The van der Waals surface area contributed by atoms with E-state index in [9.17, 15) is 9.59 Å². The molecule has 1 saturated carbocycles. The van der Waals surface area contributed by atoms with Crippen molar-refractivity contribution in [1.82, 2.24) is 15.3 Å². The molecule has 34 heavy (non-hydrogen) atoms. The largest absolute Gasteiger partial charge is 0.447 e. The summed E-state index contributed by atoms with van der Waals surface area (Å²) in [4.78, 5) is 35.9. The average molecular weight is 462 g/mol. The van der Waals surface area contributed by atoms with Crippen LogP contribution in [0.2, 0.25) is 0 Å². The summed E-state index contributed by atoms with van der Waals surface area (Å²) < 4.78 is 5.32. The Kier molecular flexibility index (Phi) is 7.25. The maximum atomic E-state index is 12.9. The highest BCUT2D eigenvalue weighted by atomic mass is 16.5. The molecule has 1 atom stereocenters. The number of ether oxygens (including phenoxy) is 1. The highest BCUT2D eigenvalue weighted by Crippen LogP contribution is 2.27. The number of carbonyl (C=O) groups excluding carboxylic acids is 2. The predicted octanol–water partition coefficient (Wildman–Crippen LogP) is 3.84. The molecule has 0 saturated heterocycles. The molecule has 0 radical (unpaired) electrons. The minimum absolute atomic E-state index is 0.0298. The van der Waals surface area contributed by atoms with Crippen molar-refractivity contribution in [3.63, 3.8) is 0 Å². The van der Waals surface area contributed by atoms with Gasteiger partial charge in [0.1, 0.15) is 5.82 Å². The van der Waals surface area contributed by atoms with Crippen LogP contribution >= 0.6 is 0 Å². The number of rotatable bonds is 7. The Morgan fingerprint density at radius 2 is 1.59 bits per heavy atom. The zero-order valence-electron chi connectivity index (χ0n) is 19.8. The van der Waals surface area contributed by atoms with Crippen molar-refractivity contribution in [2.45, 2.75) is 50.8 Å². The molecule has 2 aromatic carbocycles. The van der Waals surface area contributed by atoms with Crippen molar-refractivity contribution in [3.8, 4) is 0 Å². The van der Waals surface area contributed by atoms with Crippen LogP contribution in [0.15, 0.2) is 54.6 Å². The van der Waals surface area contributed by atoms with Crippen LogP contribution in [0.1, 0.15) is 44.3 Å². The van der Waals surface area contributed by atoms with E-state index in [-0.39, 0.29) is 18.0 Å². The Morgan fingerprint density at radius 1 is 0.941 bits per heavy atom. The van der Waals surface area contributed by atoms with Gasteiger partial charge in [-0.2, -0.15) is 4.98 Å². The molecule has 1 fully saturated rings. The number of amides is 1. The Hall–Kier alpha value is -3.68. The third-order valence-corrected chi connectivity index (χ3v) is 6.04. The van der Waals surface area contributed by atoms with E-state index in [1.807, 2.05) is 61.5 Å². The van der Waals surface area contributed by atoms with Crippen LogP contribution in [-0.4, -0.2) is 48.0 Å². The molecule has 8 nitrogen and oxygen atoms in total. The maximum Gasteiger partial charge on any atom is 0.303 e. The molecule has 1 aliphatic rings. The first-order chi connectivity index (χ1) is 16.4. The first-order valence-electron chi connectivity index (χ1n) is 11.6. The normalized spacial score (nSPS) is 18.7. The summed E-state index contributed by atoms with van der Waals surface area (Å²) in [6, 6.07) is 17.3. The van der Waals surface area contributed by atoms with Crippen molar-refractivity contribution in [2.75, 3.05) is 24.3 Å². The molecule has 8 heteroatoms. The highest BCUT2D eigenvalue weighted by Gasteiger charge is 2.28. The molecule has 1 unspecified atom stereocenters. The Balaban J connectivity index is 1.37. The van der Waals surface area contributed by atoms with E-state index in [2.05, 4.69) is 10.6 Å². The van der Waals surface area contributed by atoms with Gasteiger partial charge in [0.05, 0.1) is 5.52 Å². The third-order valence-electron chi connectivity index (χ3n) is 6.04. The van der Waals surface area contributed by atoms with E-state index in [4.69, 9.17) is 14.7 Å². The fourth-order valence-electron chi connectivity index (χ4n) is 4.37. The second-order valence-corrected chi connectivity index (χ2v) is 8.88. The summed E-state index contributed by atoms with van der Waals surface area (Å²) in [5, 5.41) is 7.58. The number of fused-ring (bicyclic) bond motifs is 1. The molecule has 0 bridgehead atoms. The van der Waals surface area contributed by atoms with Crippen LogP contribution in [0.5, 0.6) is 0 Å². The summed E-state index contributed by atoms with van der Waals surface area (Å²) in [5.74, 6) is 0.732. The molecule has 1 heterocycles. The number of hydrogen-bond donors (Lipinski definition) is 2. The fourth-order valence-corrected chi connectivity index (χ4v) is 4.37. The minimum Gasteiger partial charge on any atom is -0.447 e. The number of nitrogens with one attached hydrogen (secondary N) is 2. The Labute approximate surface area is 199 Å². The second-order valence-electron chi connectivity index (χ2n) is 8.88. The number of carbonyl (C=O) groups is 2. The van der Waals surface area contributed by atoms with Gasteiger partial charge in [0.25, 0.3) is 5.91 Å². The smallest absolute Gasteiger partial charge is 0.303 e. The number of nitrogens with zero attached hydrogens (tertiary/aromatic N) is 3. The van der Waals surface area contributed by atoms with Crippen LogP contribution in [-0.2, 0) is 14.3 Å². The molecule has 2 N–H and O–H groups in total. The fraction of sp³-hybridized carbons (Fsp3) is 0.385. The molecule has 0 aliphatic heterocycles. The molecule has 0 spiro atoms. The van der Waals surface area contributed by atoms with Gasteiger partial charge in [-0.25, -0.2) is 4.98 Å². The third kappa shape index (κ3) is 5.62. The maximum absolute atomic E-state index is 12.9. The molecule has 1 aliphatic carbocycles. The van der Waals surface area contributed by atoms with Gasteiger partial charge in [0.15, 0.2) is 0 Å². The number of aromatic nitrogens is 2. The summed E-state index contributed by atoms with van der Waals surface area (Å²) in [6.07, 6.45) is 2.45. The van der Waals surface area contributed by atoms with E-state index in [1.54, 1.807) is 12.1 Å². The monoisotopic (exact) mass is 461 g/mol. The van der Waals surface area contributed by atoms with E-state index < -0.39 is 12.1 Å². The first-order valence-corrected chi connectivity index (χ1v) is 11.6. The topological polar surface area (TPSA) is 96.5 Å². The first kappa shape index (κ1) is 23.5. The zero-order valence-corrected chi connectivity index (χ0v) is 19.8. The van der Waals surface area contributed by atoms with Crippen molar-refractivity contribution in [3.05, 3.63) is 60.2 Å². The second kappa shape index (κ2) is 10.5. The lowest BCUT2D eigenvalue weighted by atomic mass is 9.91. The number of esters is 1. The van der Waals surface area contributed by atoms with Crippen molar-refractivity contribution in [2.24, 2.45) is 0 Å². The predicted molar refractivity (Wildman–Crippen MR) is 133 cm³/mol. The lowest BCUT2D eigenvalue weighted by molar-refractivity contribution is -0.154.